The van der Waals surface area contributed by atoms with Gasteiger partial charge in [-0.05, 0) is 74.4 Å². The number of benzene rings is 2. The summed E-state index contributed by atoms with van der Waals surface area (Å²) in [5.74, 6) is 1.74. The van der Waals surface area contributed by atoms with Gasteiger partial charge >= 0.3 is 0 Å². The van der Waals surface area contributed by atoms with Gasteiger partial charge < -0.3 is 15.0 Å². The number of nitrogens with one attached hydrogen (secondary N) is 1. The van der Waals surface area contributed by atoms with Crippen LogP contribution in [0.1, 0.15) is 60.7 Å². The minimum atomic E-state index is -0.380. The molecule has 3 heterocycles. The third kappa shape index (κ3) is 4.05. The summed E-state index contributed by atoms with van der Waals surface area (Å²) in [4.78, 5) is 11.4. The van der Waals surface area contributed by atoms with E-state index in [-0.39, 0.29) is 5.82 Å². The second-order valence-electron chi connectivity index (χ2n) is 10.0. The molecule has 3 aromatic rings. The van der Waals surface area contributed by atoms with Crippen LogP contribution in [0.2, 0.25) is 0 Å². The van der Waals surface area contributed by atoms with Crippen molar-refractivity contribution in [3.8, 4) is 17.0 Å². The SMILES string of the molecule is CC(C)N1CCOc2c(C3CC3)cc(-c3nc(Cc4ccc5c(c4)CCNC5)ncc3F)cc21. The van der Waals surface area contributed by atoms with E-state index in [1.165, 1.54) is 28.5 Å². The molecule has 0 amide bonds. The van der Waals surface area contributed by atoms with Crippen LogP contribution < -0.4 is 15.0 Å². The number of hydrogen-bond acceptors (Lipinski definition) is 5. The summed E-state index contributed by atoms with van der Waals surface area (Å²) < 4.78 is 21.2. The third-order valence-corrected chi connectivity index (χ3v) is 7.21. The van der Waals surface area contributed by atoms with Crippen LogP contribution in [-0.2, 0) is 19.4 Å². The van der Waals surface area contributed by atoms with E-state index in [0.29, 0.717) is 36.5 Å². The Kier molecular flexibility index (Phi) is 5.48. The Bertz CT molecular complexity index is 1240. The fraction of sp³-hybridized carbons (Fsp3) is 0.429. The Morgan fingerprint density at radius 1 is 1.18 bits per heavy atom. The van der Waals surface area contributed by atoms with Gasteiger partial charge in [-0.2, -0.15) is 0 Å². The molecule has 1 fully saturated rings. The quantitative estimate of drug-likeness (QED) is 0.583. The Morgan fingerprint density at radius 2 is 2.06 bits per heavy atom. The summed E-state index contributed by atoms with van der Waals surface area (Å²) in [6, 6.07) is 11.1. The zero-order valence-corrected chi connectivity index (χ0v) is 19.9. The first-order valence-corrected chi connectivity index (χ1v) is 12.5. The number of anilines is 1. The van der Waals surface area contributed by atoms with Crippen molar-refractivity contribution in [1.29, 1.82) is 0 Å². The molecule has 6 rings (SSSR count). The lowest BCUT2D eigenvalue weighted by Gasteiger charge is -2.36. The first kappa shape index (κ1) is 21.5. The summed E-state index contributed by atoms with van der Waals surface area (Å²) in [6.07, 6.45) is 5.27. The molecule has 1 saturated carbocycles. The van der Waals surface area contributed by atoms with Crippen molar-refractivity contribution in [3.63, 3.8) is 0 Å². The molecule has 0 spiro atoms. The van der Waals surface area contributed by atoms with E-state index in [2.05, 4.69) is 59.4 Å². The lowest BCUT2D eigenvalue weighted by molar-refractivity contribution is 0.300. The number of rotatable bonds is 5. The highest BCUT2D eigenvalue weighted by Gasteiger charge is 2.33. The maximum absolute atomic E-state index is 15.1. The first-order chi connectivity index (χ1) is 16.6. The van der Waals surface area contributed by atoms with E-state index in [0.717, 1.165) is 55.9 Å². The highest BCUT2D eigenvalue weighted by atomic mass is 19.1. The molecule has 0 radical (unpaired) electrons. The summed E-state index contributed by atoms with van der Waals surface area (Å²) in [7, 11) is 0. The number of fused-ring (bicyclic) bond motifs is 2. The van der Waals surface area contributed by atoms with Crippen molar-refractivity contribution < 1.29 is 9.13 Å². The maximum atomic E-state index is 15.1. The van der Waals surface area contributed by atoms with E-state index in [4.69, 9.17) is 9.72 Å². The molecule has 1 aromatic heterocycles. The highest BCUT2D eigenvalue weighted by Crippen LogP contribution is 2.50. The Hall–Kier alpha value is -2.99. The van der Waals surface area contributed by atoms with Crippen LogP contribution >= 0.6 is 0 Å². The predicted molar refractivity (Wildman–Crippen MR) is 132 cm³/mol. The molecule has 0 atom stereocenters. The summed E-state index contributed by atoms with van der Waals surface area (Å²) >= 11 is 0. The van der Waals surface area contributed by atoms with Crippen LogP contribution in [0.5, 0.6) is 5.75 Å². The second-order valence-corrected chi connectivity index (χ2v) is 10.0. The van der Waals surface area contributed by atoms with Gasteiger partial charge in [0.2, 0.25) is 0 Å². The van der Waals surface area contributed by atoms with Crippen molar-refractivity contribution in [2.75, 3.05) is 24.6 Å². The number of hydrogen-bond donors (Lipinski definition) is 1. The fourth-order valence-corrected chi connectivity index (χ4v) is 5.26. The van der Waals surface area contributed by atoms with Crippen molar-refractivity contribution >= 4 is 5.69 Å². The monoisotopic (exact) mass is 458 g/mol. The Morgan fingerprint density at radius 3 is 2.88 bits per heavy atom. The van der Waals surface area contributed by atoms with Crippen LogP contribution in [0.25, 0.3) is 11.3 Å². The summed E-state index contributed by atoms with van der Waals surface area (Å²) in [5.41, 5.74) is 7.36. The van der Waals surface area contributed by atoms with Gasteiger partial charge in [0, 0.05) is 30.1 Å². The molecule has 1 aliphatic carbocycles. The van der Waals surface area contributed by atoms with Crippen LogP contribution in [0.15, 0.2) is 36.5 Å². The van der Waals surface area contributed by atoms with Gasteiger partial charge in [-0.15, -0.1) is 0 Å². The molecular formula is C28H31FN4O. The average Bonchev–Trinajstić information content (AvgIpc) is 3.69. The number of ether oxygens (including phenoxy) is 1. The first-order valence-electron chi connectivity index (χ1n) is 12.5. The minimum absolute atomic E-state index is 0.343. The van der Waals surface area contributed by atoms with Gasteiger partial charge in [0.25, 0.3) is 0 Å². The smallest absolute Gasteiger partial charge is 0.167 e. The van der Waals surface area contributed by atoms with Gasteiger partial charge in [0.05, 0.1) is 18.4 Å². The number of aromatic nitrogens is 2. The van der Waals surface area contributed by atoms with Crippen LogP contribution in [0.3, 0.4) is 0 Å². The van der Waals surface area contributed by atoms with Crippen LogP contribution in [0.4, 0.5) is 10.1 Å². The lowest BCUT2D eigenvalue weighted by Crippen LogP contribution is -2.38. The molecule has 0 saturated heterocycles. The van der Waals surface area contributed by atoms with Crippen molar-refractivity contribution in [3.05, 3.63) is 70.4 Å². The molecule has 0 unspecified atom stereocenters. The molecular weight excluding hydrogens is 427 g/mol. The molecule has 176 valence electrons. The number of nitrogens with zero attached hydrogens (tertiary/aromatic N) is 3. The summed E-state index contributed by atoms with van der Waals surface area (Å²) in [5, 5.41) is 3.41. The zero-order chi connectivity index (χ0) is 23.2. The van der Waals surface area contributed by atoms with Gasteiger partial charge in [-0.25, -0.2) is 14.4 Å². The van der Waals surface area contributed by atoms with Crippen LogP contribution in [0, 0.1) is 5.82 Å². The normalized spacial score (nSPS) is 17.4. The fourth-order valence-electron chi connectivity index (χ4n) is 5.26. The molecule has 1 N–H and O–H groups in total. The average molecular weight is 459 g/mol. The Balaban J connectivity index is 1.38. The van der Waals surface area contributed by atoms with Gasteiger partial charge in [0.15, 0.2) is 5.82 Å². The molecule has 2 aliphatic heterocycles. The lowest BCUT2D eigenvalue weighted by atomic mass is 9.97. The topological polar surface area (TPSA) is 50.3 Å². The van der Waals surface area contributed by atoms with Gasteiger partial charge in [0.1, 0.15) is 23.9 Å². The molecule has 3 aliphatic rings. The second kappa shape index (κ2) is 8.66. The molecule has 34 heavy (non-hydrogen) atoms. The molecule has 6 heteroatoms. The Labute approximate surface area is 200 Å². The largest absolute Gasteiger partial charge is 0.489 e. The van der Waals surface area contributed by atoms with E-state index >= 15 is 4.39 Å². The highest BCUT2D eigenvalue weighted by molar-refractivity contribution is 5.75. The van der Waals surface area contributed by atoms with E-state index in [9.17, 15) is 0 Å². The van der Waals surface area contributed by atoms with E-state index in [1.807, 2.05) is 0 Å². The van der Waals surface area contributed by atoms with Crippen molar-refractivity contribution in [2.24, 2.45) is 0 Å². The number of halogens is 1. The van der Waals surface area contributed by atoms with Gasteiger partial charge in [-0.3, -0.25) is 0 Å². The van der Waals surface area contributed by atoms with E-state index < -0.39 is 0 Å². The third-order valence-electron chi connectivity index (χ3n) is 7.21. The van der Waals surface area contributed by atoms with Crippen molar-refractivity contribution in [2.45, 2.75) is 58.0 Å². The maximum Gasteiger partial charge on any atom is 0.167 e. The predicted octanol–water partition coefficient (Wildman–Crippen LogP) is 5.00. The molecule has 0 bridgehead atoms. The van der Waals surface area contributed by atoms with Gasteiger partial charge in [-0.1, -0.05) is 18.2 Å². The standard InChI is InChI=1S/C28H31FN4O/c1-17(2)33-9-10-34-28-23(19-5-6-19)13-22(14-25(28)33)27-24(29)16-31-26(32-27)12-18-3-4-21-15-30-8-7-20(21)11-18/h3-4,11,13-14,16-17,19,30H,5-10,12,15H2,1-2H3. The van der Waals surface area contributed by atoms with E-state index in [1.54, 1.807) is 0 Å². The van der Waals surface area contributed by atoms with Crippen LogP contribution in [-0.4, -0.2) is 35.7 Å². The zero-order valence-electron chi connectivity index (χ0n) is 19.9. The molecule has 5 nitrogen and oxygen atoms in total. The molecule has 2 aromatic carbocycles. The van der Waals surface area contributed by atoms with Crippen molar-refractivity contribution in [1.82, 2.24) is 15.3 Å². The minimum Gasteiger partial charge on any atom is -0.489 e. The summed E-state index contributed by atoms with van der Waals surface area (Å²) in [6.45, 7) is 7.84.